The van der Waals surface area contributed by atoms with Crippen LogP contribution in [-0.2, 0) is 4.79 Å². The van der Waals surface area contributed by atoms with E-state index < -0.39 is 0 Å². The number of nitrogens with two attached hydrogens (primary N) is 1. The highest BCUT2D eigenvalue weighted by Crippen LogP contribution is 2.16. The Morgan fingerprint density at radius 1 is 1.69 bits per heavy atom. The van der Waals surface area contributed by atoms with Crippen LogP contribution in [0.15, 0.2) is 12.7 Å². The lowest BCUT2D eigenvalue weighted by Crippen LogP contribution is -2.32. The quantitative estimate of drug-likeness (QED) is 0.625. The summed E-state index contributed by atoms with van der Waals surface area (Å²) in [5.74, 6) is 0.0465. The van der Waals surface area contributed by atoms with Crippen LogP contribution in [0.5, 0.6) is 0 Å². The number of thioether (sulfide) groups is 1. The molecular weight excluding hydrogens is 184 g/mol. The van der Waals surface area contributed by atoms with Crippen molar-refractivity contribution in [2.24, 2.45) is 5.73 Å². The van der Waals surface area contributed by atoms with E-state index in [9.17, 15) is 4.79 Å². The normalized spacial score (nSPS) is 14.7. The maximum absolute atomic E-state index is 11.3. The lowest BCUT2D eigenvalue weighted by molar-refractivity contribution is -0.120. The predicted molar refractivity (Wildman–Crippen MR) is 58.8 cm³/mol. The van der Waals surface area contributed by atoms with Crippen molar-refractivity contribution in [2.45, 2.75) is 24.3 Å². The number of carbonyl (C=O) groups is 1. The van der Waals surface area contributed by atoms with Crippen molar-refractivity contribution in [3.8, 4) is 0 Å². The lowest BCUT2D eigenvalue weighted by atomic mass is 10.4. The van der Waals surface area contributed by atoms with E-state index in [0.717, 1.165) is 0 Å². The Morgan fingerprint density at radius 2 is 2.31 bits per heavy atom. The first-order valence-electron chi connectivity index (χ1n) is 4.36. The molecular formula is C9H18N2OS. The van der Waals surface area contributed by atoms with Gasteiger partial charge < -0.3 is 11.1 Å². The molecule has 0 aliphatic heterocycles. The number of amides is 1. The molecule has 0 rings (SSSR count). The second-order valence-electron chi connectivity index (χ2n) is 2.86. The van der Waals surface area contributed by atoms with Crippen molar-refractivity contribution >= 4 is 17.7 Å². The molecule has 13 heavy (non-hydrogen) atoms. The summed E-state index contributed by atoms with van der Waals surface area (Å²) in [6, 6.07) is 0. The molecule has 0 aliphatic carbocycles. The molecule has 3 N–H and O–H groups in total. The van der Waals surface area contributed by atoms with E-state index in [2.05, 4.69) is 11.9 Å². The topological polar surface area (TPSA) is 55.1 Å². The van der Waals surface area contributed by atoms with E-state index in [1.807, 2.05) is 13.8 Å². The fourth-order valence-electron chi connectivity index (χ4n) is 0.782. The van der Waals surface area contributed by atoms with Crippen LogP contribution in [0.4, 0.5) is 0 Å². The molecule has 0 aromatic heterocycles. The van der Waals surface area contributed by atoms with Gasteiger partial charge in [0.2, 0.25) is 5.91 Å². The van der Waals surface area contributed by atoms with Crippen molar-refractivity contribution in [1.29, 1.82) is 0 Å². The summed E-state index contributed by atoms with van der Waals surface area (Å²) in [6.07, 6.45) is 1.67. The highest BCUT2D eigenvalue weighted by Gasteiger charge is 2.14. The zero-order chi connectivity index (χ0) is 10.3. The Balaban J connectivity index is 3.74. The second kappa shape index (κ2) is 6.97. The number of hydrogen-bond acceptors (Lipinski definition) is 3. The maximum atomic E-state index is 11.3. The highest BCUT2D eigenvalue weighted by atomic mass is 32.2. The molecule has 0 heterocycles. The molecule has 0 radical (unpaired) electrons. The Labute approximate surface area is 84.1 Å². The predicted octanol–water partition coefficient (Wildman–Crippen LogP) is 0.757. The fourth-order valence-corrected chi connectivity index (χ4v) is 1.80. The average molecular weight is 202 g/mol. The number of rotatable bonds is 6. The monoisotopic (exact) mass is 202 g/mol. The van der Waals surface area contributed by atoms with E-state index in [0.29, 0.717) is 18.3 Å². The summed E-state index contributed by atoms with van der Waals surface area (Å²) in [7, 11) is 0. The van der Waals surface area contributed by atoms with Crippen LogP contribution in [0, 0.1) is 0 Å². The summed E-state index contributed by atoms with van der Waals surface area (Å²) >= 11 is 1.59. The first-order valence-corrected chi connectivity index (χ1v) is 5.30. The summed E-state index contributed by atoms with van der Waals surface area (Å²) in [5.41, 5.74) is 5.45. The van der Waals surface area contributed by atoms with Crippen LogP contribution < -0.4 is 11.1 Å². The van der Waals surface area contributed by atoms with Crippen LogP contribution in [0.25, 0.3) is 0 Å². The SMILES string of the molecule is C=CCNC(=O)C(C)SC(C)CN. The molecule has 0 aliphatic rings. The molecule has 4 heteroatoms. The van der Waals surface area contributed by atoms with Gasteiger partial charge >= 0.3 is 0 Å². The van der Waals surface area contributed by atoms with E-state index in [4.69, 9.17) is 5.73 Å². The molecule has 76 valence electrons. The first kappa shape index (κ1) is 12.5. The standard InChI is InChI=1S/C9H18N2OS/c1-4-5-11-9(12)8(3)13-7(2)6-10/h4,7-8H,1,5-6,10H2,2-3H3,(H,11,12). The van der Waals surface area contributed by atoms with Crippen LogP contribution in [0.2, 0.25) is 0 Å². The Morgan fingerprint density at radius 3 is 2.77 bits per heavy atom. The van der Waals surface area contributed by atoms with Crippen LogP contribution in [0.3, 0.4) is 0 Å². The van der Waals surface area contributed by atoms with Gasteiger partial charge in [-0.05, 0) is 6.92 Å². The molecule has 2 unspecified atom stereocenters. The van der Waals surface area contributed by atoms with Gasteiger partial charge in [0.1, 0.15) is 0 Å². The van der Waals surface area contributed by atoms with Crippen molar-refractivity contribution in [2.75, 3.05) is 13.1 Å². The van der Waals surface area contributed by atoms with Crippen molar-refractivity contribution in [1.82, 2.24) is 5.32 Å². The minimum atomic E-state index is -0.0431. The summed E-state index contributed by atoms with van der Waals surface area (Å²) in [4.78, 5) is 11.3. The summed E-state index contributed by atoms with van der Waals surface area (Å²) < 4.78 is 0. The minimum Gasteiger partial charge on any atom is -0.352 e. The molecule has 0 spiro atoms. The van der Waals surface area contributed by atoms with E-state index in [1.165, 1.54) is 0 Å². The summed E-state index contributed by atoms with van der Waals surface area (Å²) in [5, 5.41) is 3.02. The van der Waals surface area contributed by atoms with Gasteiger partial charge in [-0.15, -0.1) is 18.3 Å². The Hall–Kier alpha value is -0.480. The van der Waals surface area contributed by atoms with Crippen molar-refractivity contribution < 1.29 is 4.79 Å². The van der Waals surface area contributed by atoms with Crippen LogP contribution in [-0.4, -0.2) is 29.5 Å². The zero-order valence-electron chi connectivity index (χ0n) is 8.25. The van der Waals surface area contributed by atoms with Gasteiger partial charge in [-0.25, -0.2) is 0 Å². The first-order chi connectivity index (χ1) is 6.11. The molecule has 3 nitrogen and oxygen atoms in total. The van der Waals surface area contributed by atoms with Gasteiger partial charge in [0, 0.05) is 18.3 Å². The maximum Gasteiger partial charge on any atom is 0.233 e. The van der Waals surface area contributed by atoms with E-state index in [-0.39, 0.29) is 11.2 Å². The highest BCUT2D eigenvalue weighted by molar-refractivity contribution is 8.01. The molecule has 0 bridgehead atoms. The van der Waals surface area contributed by atoms with Crippen LogP contribution >= 0.6 is 11.8 Å². The number of nitrogens with one attached hydrogen (secondary N) is 1. The third kappa shape index (κ3) is 5.71. The molecule has 0 saturated carbocycles. The average Bonchev–Trinajstić information content (AvgIpc) is 2.13. The van der Waals surface area contributed by atoms with Gasteiger partial charge in [-0.3, -0.25) is 4.79 Å². The van der Waals surface area contributed by atoms with Crippen molar-refractivity contribution in [3.63, 3.8) is 0 Å². The lowest BCUT2D eigenvalue weighted by Gasteiger charge is -2.14. The summed E-state index contributed by atoms with van der Waals surface area (Å²) in [6.45, 7) is 8.56. The molecule has 0 aromatic carbocycles. The second-order valence-corrected chi connectivity index (χ2v) is 4.64. The van der Waals surface area contributed by atoms with E-state index >= 15 is 0 Å². The fraction of sp³-hybridized carbons (Fsp3) is 0.667. The molecule has 2 atom stereocenters. The smallest absolute Gasteiger partial charge is 0.233 e. The van der Waals surface area contributed by atoms with Crippen LogP contribution in [0.1, 0.15) is 13.8 Å². The van der Waals surface area contributed by atoms with Gasteiger partial charge in [-0.1, -0.05) is 13.0 Å². The van der Waals surface area contributed by atoms with Gasteiger partial charge in [0.05, 0.1) is 5.25 Å². The Kier molecular flexibility index (Phi) is 6.72. The van der Waals surface area contributed by atoms with Gasteiger partial charge in [-0.2, -0.15) is 0 Å². The minimum absolute atomic E-state index is 0.0431. The zero-order valence-corrected chi connectivity index (χ0v) is 9.06. The largest absolute Gasteiger partial charge is 0.352 e. The third-order valence-electron chi connectivity index (χ3n) is 1.56. The number of carbonyl (C=O) groups excluding carboxylic acids is 1. The number of hydrogen-bond donors (Lipinski definition) is 2. The molecule has 0 fully saturated rings. The van der Waals surface area contributed by atoms with Gasteiger partial charge in [0.25, 0.3) is 0 Å². The molecule has 1 amide bonds. The van der Waals surface area contributed by atoms with Crippen molar-refractivity contribution in [3.05, 3.63) is 12.7 Å². The Bertz CT molecular complexity index is 173. The molecule has 0 saturated heterocycles. The van der Waals surface area contributed by atoms with E-state index in [1.54, 1.807) is 17.8 Å². The molecule has 0 aromatic rings. The van der Waals surface area contributed by atoms with Gasteiger partial charge in [0.15, 0.2) is 0 Å². The third-order valence-corrected chi connectivity index (χ3v) is 2.84.